The first-order valence-electron chi connectivity index (χ1n) is 16.2. The molecule has 0 fully saturated rings. The molecule has 0 aromatic carbocycles. The van der Waals surface area contributed by atoms with Crippen molar-refractivity contribution in [2.75, 3.05) is 23.7 Å². The Balaban J connectivity index is 0.000000187. The number of anilines is 2. The second-order valence-corrected chi connectivity index (χ2v) is 14.5. The number of nitrogens with one attached hydrogen (secondary N) is 2. The summed E-state index contributed by atoms with van der Waals surface area (Å²) in [6.07, 6.45) is 0. The molecule has 0 amide bonds. The number of hydrogen-bond acceptors (Lipinski definition) is 12. The number of fused-ring (bicyclic) bond motifs is 2. The number of hydrogen-bond donors (Lipinski definition) is 4. The van der Waals surface area contributed by atoms with Gasteiger partial charge in [0.15, 0.2) is 0 Å². The highest BCUT2D eigenvalue weighted by Gasteiger charge is 2.18. The molecule has 0 atom stereocenters. The van der Waals surface area contributed by atoms with Crippen molar-refractivity contribution in [3.63, 3.8) is 0 Å². The summed E-state index contributed by atoms with van der Waals surface area (Å²) in [4.78, 5) is 44.2. The average Bonchev–Trinajstić information content (AvgIpc) is 3.78. The van der Waals surface area contributed by atoms with Crippen LogP contribution < -0.4 is 26.5 Å². The third kappa shape index (κ3) is 8.85. The molecule has 0 spiro atoms. The van der Waals surface area contributed by atoms with Crippen LogP contribution in [0.15, 0.2) is 61.2 Å². The number of nitrogens with zero attached hydrogens (tertiary/aromatic N) is 6. The molecule has 0 saturated carbocycles. The number of halogens is 1. The molecule has 0 aliphatic rings. The smallest absolute Gasteiger partial charge is 0.423 e. The predicted octanol–water partition coefficient (Wildman–Crippen LogP) is 6.14. The molecule has 16 heteroatoms. The number of aryl methyl sites for hydroxylation is 2. The molecular weight excluding hydrogens is 739 g/mol. The van der Waals surface area contributed by atoms with Crippen LogP contribution in [0.2, 0.25) is 0 Å². The summed E-state index contributed by atoms with van der Waals surface area (Å²) in [6.45, 7) is 17.3. The molecule has 0 aliphatic carbocycles. The van der Waals surface area contributed by atoms with Gasteiger partial charge in [0.25, 0.3) is 11.1 Å². The quantitative estimate of drug-likeness (QED) is 0.132. The number of pyridine rings is 2. The SMILES string of the molecule is CCNc1nc(C)c2cc(-c3cccs3)c(=O)n(C(C)C)c2n1.CCNc1nc(C)c2cc(Br)c(=O)n(C(C)C)c2n1.OB(O)c1cccs1. The van der Waals surface area contributed by atoms with E-state index in [9.17, 15) is 9.59 Å². The lowest BCUT2D eigenvalue weighted by atomic mass is 9.90. The van der Waals surface area contributed by atoms with Gasteiger partial charge in [0.1, 0.15) is 11.3 Å². The number of rotatable bonds is 8. The van der Waals surface area contributed by atoms with Gasteiger partial charge in [-0.25, -0.2) is 9.97 Å². The molecule has 50 heavy (non-hydrogen) atoms. The summed E-state index contributed by atoms with van der Waals surface area (Å²) in [5, 5.41) is 28.8. The van der Waals surface area contributed by atoms with E-state index in [1.165, 1.54) is 11.3 Å². The minimum absolute atomic E-state index is 0.00417. The maximum atomic E-state index is 13.0. The molecule has 264 valence electrons. The molecule has 0 radical (unpaired) electrons. The molecule has 4 N–H and O–H groups in total. The van der Waals surface area contributed by atoms with Gasteiger partial charge < -0.3 is 20.7 Å². The summed E-state index contributed by atoms with van der Waals surface area (Å²) in [5.74, 6) is 1.12. The highest BCUT2D eigenvalue weighted by atomic mass is 79.9. The zero-order valence-electron chi connectivity index (χ0n) is 29.4. The molecular formula is C34H42BBrN8O4S2. The van der Waals surface area contributed by atoms with Crippen molar-refractivity contribution in [1.82, 2.24) is 29.1 Å². The lowest BCUT2D eigenvalue weighted by molar-refractivity contribution is 0.427. The predicted molar refractivity (Wildman–Crippen MR) is 211 cm³/mol. The van der Waals surface area contributed by atoms with Gasteiger partial charge in [0.2, 0.25) is 11.9 Å². The van der Waals surface area contributed by atoms with Crippen molar-refractivity contribution in [1.29, 1.82) is 0 Å². The lowest BCUT2D eigenvalue weighted by Crippen LogP contribution is -2.26. The molecule has 6 rings (SSSR count). The fourth-order valence-corrected chi connectivity index (χ4v) is 6.90. The summed E-state index contributed by atoms with van der Waals surface area (Å²) in [7, 11) is -1.30. The molecule has 6 heterocycles. The summed E-state index contributed by atoms with van der Waals surface area (Å²) in [6, 6.07) is 11.2. The maximum absolute atomic E-state index is 13.0. The van der Waals surface area contributed by atoms with Gasteiger partial charge in [-0.2, -0.15) is 21.3 Å². The van der Waals surface area contributed by atoms with Crippen LogP contribution in [-0.4, -0.2) is 59.3 Å². The molecule has 0 aliphatic heterocycles. The second kappa shape index (κ2) is 17.3. The monoisotopic (exact) mass is 780 g/mol. The first-order valence-corrected chi connectivity index (χ1v) is 18.8. The van der Waals surface area contributed by atoms with Crippen molar-refractivity contribution in [2.24, 2.45) is 0 Å². The molecule has 0 unspecified atom stereocenters. The Bertz CT molecular complexity index is 2170. The zero-order chi connectivity index (χ0) is 36.7. The van der Waals surface area contributed by atoms with E-state index in [4.69, 9.17) is 10.0 Å². The van der Waals surface area contributed by atoms with E-state index >= 15 is 0 Å². The lowest BCUT2D eigenvalue weighted by Gasteiger charge is -2.16. The Hall–Kier alpha value is -3.96. The van der Waals surface area contributed by atoms with Crippen molar-refractivity contribution in [3.05, 3.63) is 83.7 Å². The molecule has 6 aromatic rings. The highest BCUT2D eigenvalue weighted by Crippen LogP contribution is 2.27. The van der Waals surface area contributed by atoms with E-state index < -0.39 is 7.12 Å². The summed E-state index contributed by atoms with van der Waals surface area (Å²) >= 11 is 6.22. The fraction of sp³-hybridized carbons (Fsp3) is 0.353. The van der Waals surface area contributed by atoms with Crippen LogP contribution >= 0.6 is 38.6 Å². The van der Waals surface area contributed by atoms with E-state index in [1.54, 1.807) is 44.1 Å². The van der Waals surface area contributed by atoms with E-state index in [1.807, 2.05) is 79.0 Å². The molecule has 6 aromatic heterocycles. The number of thiophene rings is 2. The largest absolute Gasteiger partial charge is 0.499 e. The van der Waals surface area contributed by atoms with Gasteiger partial charge in [0.05, 0.1) is 21.4 Å². The second-order valence-electron chi connectivity index (χ2n) is 11.8. The van der Waals surface area contributed by atoms with Gasteiger partial charge in [-0.05, 0) is 100 Å². The van der Waals surface area contributed by atoms with E-state index in [0.717, 1.165) is 40.1 Å². The topological polar surface area (TPSA) is 160 Å². The van der Waals surface area contributed by atoms with Gasteiger partial charge >= 0.3 is 7.12 Å². The van der Waals surface area contributed by atoms with Gasteiger partial charge in [-0.15, -0.1) is 11.3 Å². The third-order valence-corrected chi connectivity index (χ3v) is 9.79. The Morgan fingerprint density at radius 1 is 0.780 bits per heavy atom. The molecule has 0 saturated heterocycles. The minimum atomic E-state index is -1.30. The van der Waals surface area contributed by atoms with E-state index in [-0.39, 0.29) is 23.2 Å². The van der Waals surface area contributed by atoms with Crippen molar-refractivity contribution in [2.45, 2.75) is 67.5 Å². The van der Waals surface area contributed by atoms with Crippen LogP contribution in [0.4, 0.5) is 11.9 Å². The molecule has 0 bridgehead atoms. The van der Waals surface area contributed by atoms with Crippen molar-refractivity contribution in [3.8, 4) is 10.4 Å². The molecule has 12 nitrogen and oxygen atoms in total. The van der Waals surface area contributed by atoms with Gasteiger partial charge in [0, 0.05) is 45.6 Å². The normalized spacial score (nSPS) is 11.0. The van der Waals surface area contributed by atoms with Gasteiger partial charge in [-0.1, -0.05) is 18.2 Å². The first kappa shape index (κ1) is 38.8. The van der Waals surface area contributed by atoms with Crippen LogP contribution in [0.5, 0.6) is 0 Å². The maximum Gasteiger partial charge on any atom is 0.499 e. The highest BCUT2D eigenvalue weighted by molar-refractivity contribution is 9.10. The van der Waals surface area contributed by atoms with Gasteiger partial charge in [-0.3, -0.25) is 18.7 Å². The Kier molecular flexibility index (Phi) is 13.4. The van der Waals surface area contributed by atoms with Crippen molar-refractivity contribution >= 4 is 84.5 Å². The fourth-order valence-electron chi connectivity index (χ4n) is 5.15. The Labute approximate surface area is 307 Å². The average molecular weight is 782 g/mol. The van der Waals surface area contributed by atoms with Crippen LogP contribution in [0.1, 0.15) is 65.0 Å². The van der Waals surface area contributed by atoms with Crippen LogP contribution in [0.25, 0.3) is 32.5 Å². The number of aromatic nitrogens is 6. The minimum Gasteiger partial charge on any atom is -0.423 e. The summed E-state index contributed by atoms with van der Waals surface area (Å²) in [5.41, 5.74) is 3.73. The third-order valence-electron chi connectivity index (χ3n) is 7.41. The Morgan fingerprint density at radius 2 is 1.28 bits per heavy atom. The van der Waals surface area contributed by atoms with Crippen molar-refractivity contribution < 1.29 is 10.0 Å². The standard InChI is InChI=1S/C17H20N4OS.C13H17BrN4O.C4H5BO2S/c1-5-18-17-19-11(4)12-9-13(14-7-6-8-23-14)16(22)21(10(2)3)15(12)20-17;1-5-15-13-16-8(4)9-6-10(14)12(19)18(7(2)3)11(9)17-13;6-5(7)4-2-1-3-8-4/h6-10H,5H2,1-4H3,(H,18,19,20);6-7H,5H2,1-4H3,(H,15,16,17);1-3,6-7H. The van der Waals surface area contributed by atoms with E-state index in [2.05, 4.69) is 46.5 Å². The zero-order valence-corrected chi connectivity index (χ0v) is 32.6. The Morgan fingerprint density at radius 3 is 1.70 bits per heavy atom. The first-order chi connectivity index (χ1) is 23.8. The van der Waals surface area contributed by atoms with Crippen LogP contribution in [0, 0.1) is 13.8 Å². The summed E-state index contributed by atoms with van der Waals surface area (Å²) < 4.78 is 4.58. The van der Waals surface area contributed by atoms with E-state index in [0.29, 0.717) is 38.0 Å². The van der Waals surface area contributed by atoms with Crippen LogP contribution in [-0.2, 0) is 0 Å². The van der Waals surface area contributed by atoms with Crippen LogP contribution in [0.3, 0.4) is 0 Å².